The molecule has 6 heteroatoms. The number of carbonyl (C=O) groups excluding carboxylic acids is 1. The van der Waals surface area contributed by atoms with Crippen LogP contribution in [0.1, 0.15) is 38.3 Å². The highest BCUT2D eigenvalue weighted by Crippen LogP contribution is 2.32. The Hall–Kier alpha value is -3.77. The van der Waals surface area contributed by atoms with E-state index in [9.17, 15) is 9.90 Å². The highest BCUT2D eigenvalue weighted by Gasteiger charge is 2.27. The molecule has 1 N–H and O–H groups in total. The number of aryl methyl sites for hydroxylation is 6. The zero-order chi connectivity index (χ0) is 25.0. The maximum atomic E-state index is 13.1. The van der Waals surface area contributed by atoms with Gasteiger partial charge in [-0.05, 0) is 99.7 Å². The normalized spacial score (nSPS) is 13.4. The molecule has 0 saturated heterocycles. The maximum Gasteiger partial charge on any atom is 0.279 e. The molecule has 0 atom stereocenters. The van der Waals surface area contributed by atoms with Crippen LogP contribution in [-0.4, -0.2) is 15.6 Å². The second-order valence-electron chi connectivity index (χ2n) is 9.45. The first-order chi connectivity index (χ1) is 16.6. The van der Waals surface area contributed by atoms with Gasteiger partial charge in [-0.25, -0.2) is 9.98 Å². The minimum Gasteiger partial charge on any atom is -0.493 e. The van der Waals surface area contributed by atoms with Gasteiger partial charge in [-0.15, -0.1) is 0 Å². The zero-order valence-electron chi connectivity index (χ0n) is 20.7. The van der Waals surface area contributed by atoms with Crippen LogP contribution >= 0.6 is 11.3 Å². The monoisotopic (exact) mass is 481 g/mol. The topological polar surface area (TPSA) is 66.9 Å². The molecule has 0 unspecified atom stereocenters. The molecule has 0 spiro atoms. The molecule has 5 nitrogen and oxygen atoms in total. The zero-order valence-corrected chi connectivity index (χ0v) is 21.5. The molecule has 0 bridgehead atoms. The summed E-state index contributed by atoms with van der Waals surface area (Å²) in [6.45, 7) is 12.1. The number of thiazole rings is 1. The highest BCUT2D eigenvalue weighted by atomic mass is 32.1. The molecular weight excluding hydrogens is 454 g/mol. The minimum absolute atomic E-state index is 0.00585. The summed E-state index contributed by atoms with van der Waals surface area (Å²) >= 11 is 1.30. The second kappa shape index (κ2) is 8.47. The fourth-order valence-electron chi connectivity index (χ4n) is 4.84. The first-order valence-corrected chi connectivity index (χ1v) is 12.3. The molecule has 0 aliphatic carbocycles. The summed E-state index contributed by atoms with van der Waals surface area (Å²) in [5.74, 6) is -0.343. The Kier molecular flexibility index (Phi) is 5.56. The van der Waals surface area contributed by atoms with Gasteiger partial charge < -0.3 is 5.11 Å². The van der Waals surface area contributed by atoms with Crippen molar-refractivity contribution in [3.05, 3.63) is 102 Å². The number of hydrogen-bond donors (Lipinski definition) is 1. The van der Waals surface area contributed by atoms with Crippen LogP contribution in [0.15, 0.2) is 58.5 Å². The summed E-state index contributed by atoms with van der Waals surface area (Å²) in [5, 5.41) is 13.0. The van der Waals surface area contributed by atoms with Crippen LogP contribution in [0.5, 0.6) is 5.88 Å². The summed E-state index contributed by atoms with van der Waals surface area (Å²) in [6, 6.07) is 16.2. The van der Waals surface area contributed by atoms with Gasteiger partial charge in [0, 0.05) is 5.22 Å². The third-order valence-electron chi connectivity index (χ3n) is 6.06. The van der Waals surface area contributed by atoms with Gasteiger partial charge in [0.1, 0.15) is 4.88 Å². The van der Waals surface area contributed by atoms with Crippen molar-refractivity contribution in [2.24, 2.45) is 9.98 Å². The molecule has 1 aliphatic heterocycles. The summed E-state index contributed by atoms with van der Waals surface area (Å²) < 4.78 is 1.73. The van der Waals surface area contributed by atoms with Crippen molar-refractivity contribution in [2.45, 2.75) is 41.5 Å². The first kappa shape index (κ1) is 23.0. The maximum absolute atomic E-state index is 13.1. The van der Waals surface area contributed by atoms with Gasteiger partial charge in [0.2, 0.25) is 5.88 Å². The number of benzene rings is 3. The fourth-order valence-corrected chi connectivity index (χ4v) is 5.94. The Morgan fingerprint density at radius 1 is 0.800 bits per heavy atom. The third-order valence-corrected chi connectivity index (χ3v) is 7.11. The number of carbonyl (C=O) groups is 1. The van der Waals surface area contributed by atoms with E-state index in [1.165, 1.54) is 11.3 Å². The number of aromatic nitrogens is 1. The van der Waals surface area contributed by atoms with Gasteiger partial charge >= 0.3 is 0 Å². The first-order valence-electron chi connectivity index (χ1n) is 11.5. The Bertz CT molecular complexity index is 1700. The van der Waals surface area contributed by atoms with Gasteiger partial charge in [0.25, 0.3) is 5.91 Å². The van der Waals surface area contributed by atoms with Crippen LogP contribution < -0.4 is 15.4 Å². The van der Waals surface area contributed by atoms with E-state index in [0.29, 0.717) is 20.6 Å². The lowest BCUT2D eigenvalue weighted by Gasteiger charge is -2.09. The van der Waals surface area contributed by atoms with Crippen molar-refractivity contribution < 1.29 is 9.90 Å². The van der Waals surface area contributed by atoms with Gasteiger partial charge in [0.15, 0.2) is 4.80 Å². The van der Waals surface area contributed by atoms with E-state index in [0.717, 1.165) is 50.0 Å². The molecule has 0 fully saturated rings. The van der Waals surface area contributed by atoms with E-state index < -0.39 is 0 Å². The van der Waals surface area contributed by atoms with Crippen LogP contribution in [0.4, 0.5) is 5.69 Å². The molecular formula is C29H27N3O2S. The van der Waals surface area contributed by atoms with Crippen molar-refractivity contribution in [2.75, 3.05) is 0 Å². The van der Waals surface area contributed by atoms with Crippen molar-refractivity contribution in [3.63, 3.8) is 0 Å². The number of fused-ring (bicyclic) bond motifs is 1. The van der Waals surface area contributed by atoms with Crippen molar-refractivity contribution in [3.8, 4) is 11.6 Å². The molecule has 0 saturated carbocycles. The molecule has 1 amide bonds. The van der Waals surface area contributed by atoms with Gasteiger partial charge in [-0.2, -0.15) is 0 Å². The Morgan fingerprint density at radius 3 is 2.00 bits per heavy atom. The van der Waals surface area contributed by atoms with Crippen molar-refractivity contribution >= 4 is 28.5 Å². The van der Waals surface area contributed by atoms with E-state index in [4.69, 9.17) is 4.99 Å². The Morgan fingerprint density at radius 2 is 1.37 bits per heavy atom. The number of aromatic hydroxyl groups is 1. The smallest absolute Gasteiger partial charge is 0.279 e. The molecule has 1 aliphatic rings. The predicted octanol–water partition coefficient (Wildman–Crippen LogP) is 4.69. The lowest BCUT2D eigenvalue weighted by atomic mass is 10.1. The average Bonchev–Trinajstić information content (AvgIpc) is 3.22. The van der Waals surface area contributed by atoms with E-state index in [1.807, 2.05) is 77.9 Å². The molecule has 3 aromatic carbocycles. The lowest BCUT2D eigenvalue weighted by Crippen LogP contribution is -2.26. The molecule has 176 valence electrons. The Balaban J connectivity index is 1.88. The van der Waals surface area contributed by atoms with Crippen LogP contribution in [-0.2, 0) is 4.79 Å². The van der Waals surface area contributed by atoms with E-state index in [-0.39, 0.29) is 11.8 Å². The third kappa shape index (κ3) is 4.15. The van der Waals surface area contributed by atoms with Crippen LogP contribution in [0, 0.1) is 41.5 Å². The second-order valence-corrected chi connectivity index (χ2v) is 10.4. The van der Waals surface area contributed by atoms with Crippen molar-refractivity contribution in [1.29, 1.82) is 0 Å². The number of rotatable bonds is 3. The molecule has 1 aromatic heterocycles. The van der Waals surface area contributed by atoms with E-state index in [1.54, 1.807) is 4.57 Å². The van der Waals surface area contributed by atoms with Crippen LogP contribution in [0.3, 0.4) is 0 Å². The summed E-state index contributed by atoms with van der Waals surface area (Å²) in [7, 11) is 0. The van der Waals surface area contributed by atoms with Gasteiger partial charge in [-0.3, -0.25) is 9.36 Å². The number of hydrogen-bond acceptors (Lipinski definition) is 4. The largest absolute Gasteiger partial charge is 0.493 e. The van der Waals surface area contributed by atoms with E-state index in [2.05, 4.69) is 17.1 Å². The fraction of sp³-hybridized carbons (Fsp3) is 0.207. The molecule has 0 radical (unpaired) electrons. The average molecular weight is 482 g/mol. The minimum atomic E-state index is -0.337. The lowest BCUT2D eigenvalue weighted by molar-refractivity contribution is -0.112. The van der Waals surface area contributed by atoms with Crippen LogP contribution in [0.2, 0.25) is 0 Å². The summed E-state index contributed by atoms with van der Waals surface area (Å²) in [4.78, 5) is 23.4. The van der Waals surface area contributed by atoms with Gasteiger partial charge in [0.05, 0.1) is 22.3 Å². The molecule has 5 rings (SSSR count). The summed E-state index contributed by atoms with van der Waals surface area (Å²) in [5.41, 5.74) is 8.39. The SMILES string of the molecule is Cc1cc(C)cc(N=c2sc(C3=c4cc(C)cc(C)c4=NC3=O)c(O)n2-c2cc(C)cc(C)c2)c1. The molecule has 2 heterocycles. The quantitative estimate of drug-likeness (QED) is 0.462. The van der Waals surface area contributed by atoms with Gasteiger partial charge in [-0.1, -0.05) is 35.1 Å². The van der Waals surface area contributed by atoms with Crippen LogP contribution in [0.25, 0.3) is 11.3 Å². The number of nitrogens with zero attached hydrogens (tertiary/aromatic N) is 3. The summed E-state index contributed by atoms with van der Waals surface area (Å²) in [6.07, 6.45) is 0. The van der Waals surface area contributed by atoms with Crippen molar-refractivity contribution in [1.82, 2.24) is 4.57 Å². The predicted molar refractivity (Wildman–Crippen MR) is 140 cm³/mol. The van der Waals surface area contributed by atoms with E-state index >= 15 is 0 Å². The Labute approximate surface area is 208 Å². The number of amides is 1. The molecule has 4 aromatic rings. The highest BCUT2D eigenvalue weighted by molar-refractivity contribution is 7.11. The molecule has 35 heavy (non-hydrogen) atoms. The standard InChI is InChI=1S/C29H27N3O2S/c1-15-7-16(2)11-21(10-15)30-29-32(22-12-17(3)8-18(4)13-22)28(34)26(35-29)24-23-14-19(5)9-20(6)25(23)31-27(24)33/h7-14,34H,1-6H3.